The van der Waals surface area contributed by atoms with Gasteiger partial charge in [0.1, 0.15) is 11.9 Å². The Morgan fingerprint density at radius 1 is 1.35 bits per heavy atom. The summed E-state index contributed by atoms with van der Waals surface area (Å²) in [4.78, 5) is 12.2. The van der Waals surface area contributed by atoms with Crippen LogP contribution in [0.25, 0.3) is 0 Å². The molecule has 120 valence electrons. The van der Waals surface area contributed by atoms with Crippen LogP contribution in [0.1, 0.15) is 35.2 Å². The molecule has 2 atom stereocenters. The molecule has 0 saturated heterocycles. The molecular weight excluding hydrogens is 317 g/mol. The van der Waals surface area contributed by atoms with Gasteiger partial charge in [-0.25, -0.2) is 9.18 Å². The van der Waals surface area contributed by atoms with Crippen molar-refractivity contribution in [2.24, 2.45) is 0 Å². The maximum absolute atomic E-state index is 13.5. The van der Waals surface area contributed by atoms with E-state index in [1.807, 2.05) is 6.07 Å². The van der Waals surface area contributed by atoms with Crippen molar-refractivity contribution in [3.63, 3.8) is 0 Å². The first-order chi connectivity index (χ1) is 11.1. The van der Waals surface area contributed by atoms with Gasteiger partial charge in [0.15, 0.2) is 0 Å². The summed E-state index contributed by atoms with van der Waals surface area (Å²) in [5.74, 6) is -0.687. The summed E-state index contributed by atoms with van der Waals surface area (Å²) in [5.41, 5.74) is 2.66. The second-order valence-electron chi connectivity index (χ2n) is 5.58. The van der Waals surface area contributed by atoms with E-state index < -0.39 is 12.0 Å². The number of hydrogen-bond acceptors (Lipinski definition) is 3. The fraction of sp³-hybridized carbons (Fsp3) is 0.278. The topological polar surface area (TPSA) is 38.3 Å². The van der Waals surface area contributed by atoms with E-state index in [4.69, 9.17) is 16.3 Å². The van der Waals surface area contributed by atoms with Gasteiger partial charge < -0.3 is 4.74 Å². The van der Waals surface area contributed by atoms with Gasteiger partial charge in [-0.2, -0.15) is 0 Å². The third-order valence-corrected chi connectivity index (χ3v) is 4.55. The predicted molar refractivity (Wildman–Crippen MR) is 86.8 cm³/mol. The Morgan fingerprint density at radius 3 is 2.87 bits per heavy atom. The van der Waals surface area contributed by atoms with E-state index in [1.54, 1.807) is 24.3 Å². The molecule has 0 radical (unpaired) electrons. The van der Waals surface area contributed by atoms with Crippen LogP contribution in [0.4, 0.5) is 4.39 Å². The molecule has 0 bridgehead atoms. The Morgan fingerprint density at radius 2 is 2.13 bits per heavy atom. The molecule has 0 spiro atoms. The van der Waals surface area contributed by atoms with Gasteiger partial charge in [-0.3, -0.25) is 5.32 Å². The normalized spacial score (nSPS) is 17.6. The molecule has 1 N–H and O–H groups in total. The predicted octanol–water partition coefficient (Wildman–Crippen LogP) is 3.97. The highest BCUT2D eigenvalue weighted by molar-refractivity contribution is 6.31. The zero-order valence-electron chi connectivity index (χ0n) is 12.7. The fourth-order valence-electron chi connectivity index (χ4n) is 3.06. The quantitative estimate of drug-likeness (QED) is 0.860. The molecular formula is C18H17ClFNO2. The first-order valence-electron chi connectivity index (χ1n) is 7.47. The highest BCUT2D eigenvalue weighted by atomic mass is 35.5. The van der Waals surface area contributed by atoms with Crippen molar-refractivity contribution < 1.29 is 13.9 Å². The summed E-state index contributed by atoms with van der Waals surface area (Å²) in [6, 6.07) is 11.1. The molecule has 0 saturated carbocycles. The number of carbonyl (C=O) groups is 1. The molecule has 0 amide bonds. The number of halogens is 2. The molecule has 0 heterocycles. The average Bonchev–Trinajstić information content (AvgIpc) is 2.95. The number of hydrogen-bond donors (Lipinski definition) is 1. The number of rotatable bonds is 4. The van der Waals surface area contributed by atoms with Crippen LogP contribution in [-0.2, 0) is 16.0 Å². The van der Waals surface area contributed by atoms with E-state index in [0.717, 1.165) is 24.0 Å². The Labute approximate surface area is 139 Å². The van der Waals surface area contributed by atoms with Gasteiger partial charge in [-0.1, -0.05) is 35.9 Å². The van der Waals surface area contributed by atoms with Crippen molar-refractivity contribution >= 4 is 17.6 Å². The highest BCUT2D eigenvalue weighted by Gasteiger charge is 2.30. The molecule has 3 rings (SSSR count). The second-order valence-corrected chi connectivity index (χ2v) is 5.99. The Hall–Kier alpha value is -1.91. The van der Waals surface area contributed by atoms with E-state index in [1.165, 1.54) is 19.2 Å². The molecule has 1 aliphatic carbocycles. The van der Waals surface area contributed by atoms with E-state index >= 15 is 0 Å². The first-order valence-corrected chi connectivity index (χ1v) is 7.84. The van der Waals surface area contributed by atoms with Gasteiger partial charge in [0.2, 0.25) is 0 Å². The van der Waals surface area contributed by atoms with Crippen molar-refractivity contribution in [1.82, 2.24) is 5.32 Å². The van der Waals surface area contributed by atoms with Crippen LogP contribution in [-0.4, -0.2) is 13.1 Å². The minimum Gasteiger partial charge on any atom is -0.468 e. The zero-order valence-corrected chi connectivity index (χ0v) is 13.4. The van der Waals surface area contributed by atoms with E-state index in [0.29, 0.717) is 10.6 Å². The van der Waals surface area contributed by atoms with Crippen molar-refractivity contribution in [3.8, 4) is 0 Å². The average molecular weight is 334 g/mol. The first kappa shape index (κ1) is 16.0. The lowest BCUT2D eigenvalue weighted by atomic mass is 10.0. The van der Waals surface area contributed by atoms with Crippen LogP contribution in [0.5, 0.6) is 0 Å². The number of fused-ring (bicyclic) bond motifs is 1. The summed E-state index contributed by atoms with van der Waals surface area (Å²) in [5, 5.41) is 3.77. The van der Waals surface area contributed by atoms with E-state index in [-0.39, 0.29) is 11.9 Å². The van der Waals surface area contributed by atoms with Crippen LogP contribution >= 0.6 is 11.6 Å². The van der Waals surface area contributed by atoms with Crippen LogP contribution < -0.4 is 5.32 Å². The lowest BCUT2D eigenvalue weighted by Gasteiger charge is -2.23. The minimum absolute atomic E-state index is 0.110. The minimum atomic E-state index is -0.687. The highest BCUT2D eigenvalue weighted by Crippen LogP contribution is 2.35. The summed E-state index contributed by atoms with van der Waals surface area (Å²) >= 11 is 6.22. The monoisotopic (exact) mass is 333 g/mol. The summed E-state index contributed by atoms with van der Waals surface area (Å²) in [6.45, 7) is 0. The number of carbonyl (C=O) groups excluding carboxylic acids is 1. The van der Waals surface area contributed by atoms with Crippen LogP contribution in [0.2, 0.25) is 5.02 Å². The number of ether oxygens (including phenoxy) is 1. The Bertz CT molecular complexity index is 735. The summed E-state index contributed by atoms with van der Waals surface area (Å²) in [7, 11) is 1.34. The second kappa shape index (κ2) is 6.69. The van der Waals surface area contributed by atoms with E-state index in [9.17, 15) is 9.18 Å². The molecule has 5 heteroatoms. The largest absolute Gasteiger partial charge is 0.468 e. The lowest BCUT2D eigenvalue weighted by Crippen LogP contribution is -2.32. The molecule has 0 fully saturated rings. The van der Waals surface area contributed by atoms with E-state index in [2.05, 4.69) is 5.32 Å². The zero-order chi connectivity index (χ0) is 16.4. The molecule has 2 aromatic carbocycles. The van der Waals surface area contributed by atoms with Gasteiger partial charge in [0.05, 0.1) is 7.11 Å². The Kier molecular flexibility index (Phi) is 4.64. The van der Waals surface area contributed by atoms with Crippen LogP contribution in [0.3, 0.4) is 0 Å². The molecule has 0 aromatic heterocycles. The SMILES string of the molecule is COC(=O)C(NC1CCc2ccc(F)cc21)c1ccccc1Cl. The molecule has 2 unspecified atom stereocenters. The smallest absolute Gasteiger partial charge is 0.327 e. The van der Waals surface area contributed by atoms with Crippen LogP contribution in [0.15, 0.2) is 42.5 Å². The fourth-order valence-corrected chi connectivity index (χ4v) is 3.30. The maximum Gasteiger partial charge on any atom is 0.327 e. The number of esters is 1. The molecule has 1 aliphatic rings. The van der Waals surface area contributed by atoms with Crippen molar-refractivity contribution in [3.05, 3.63) is 70.0 Å². The third kappa shape index (κ3) is 3.23. The number of nitrogens with one attached hydrogen (secondary N) is 1. The molecule has 2 aromatic rings. The van der Waals surface area contributed by atoms with Gasteiger partial charge in [-0.05, 0) is 47.7 Å². The number of benzene rings is 2. The van der Waals surface area contributed by atoms with Gasteiger partial charge in [0.25, 0.3) is 0 Å². The third-order valence-electron chi connectivity index (χ3n) is 4.21. The molecule has 3 nitrogen and oxygen atoms in total. The Balaban J connectivity index is 1.91. The van der Waals surface area contributed by atoms with Gasteiger partial charge in [0, 0.05) is 11.1 Å². The molecule has 23 heavy (non-hydrogen) atoms. The van der Waals surface area contributed by atoms with Gasteiger partial charge >= 0.3 is 5.97 Å². The van der Waals surface area contributed by atoms with Crippen molar-refractivity contribution in [1.29, 1.82) is 0 Å². The van der Waals surface area contributed by atoms with Crippen LogP contribution in [0, 0.1) is 5.82 Å². The standard InChI is InChI=1S/C18H17ClFNO2/c1-23-18(22)17(13-4-2-3-5-15(13)19)21-16-9-7-11-6-8-12(20)10-14(11)16/h2-6,8,10,16-17,21H,7,9H2,1H3. The van der Waals surface area contributed by atoms with Gasteiger partial charge in [-0.15, -0.1) is 0 Å². The van der Waals surface area contributed by atoms with Crippen molar-refractivity contribution in [2.45, 2.75) is 24.9 Å². The summed E-state index contributed by atoms with van der Waals surface area (Å²) < 4.78 is 18.5. The number of aryl methyl sites for hydroxylation is 1. The molecule has 0 aliphatic heterocycles. The lowest BCUT2D eigenvalue weighted by molar-refractivity contribution is -0.143. The number of methoxy groups -OCH3 is 1. The summed E-state index contributed by atoms with van der Waals surface area (Å²) in [6.07, 6.45) is 1.65. The maximum atomic E-state index is 13.5. The van der Waals surface area contributed by atoms with Crippen molar-refractivity contribution in [2.75, 3.05) is 7.11 Å².